The van der Waals surface area contributed by atoms with Crippen LogP contribution in [0.4, 0.5) is 0 Å². The lowest BCUT2D eigenvalue weighted by Gasteiger charge is -2.21. The molecule has 1 aromatic rings. The first-order valence-electron chi connectivity index (χ1n) is 9.82. The first-order chi connectivity index (χ1) is 12.2. The Balaban J connectivity index is 0.00000338. The number of esters is 1. The summed E-state index contributed by atoms with van der Waals surface area (Å²) in [7, 11) is 0. The van der Waals surface area contributed by atoms with Gasteiger partial charge in [0.2, 0.25) is 0 Å². The molecule has 0 aromatic heterocycles. The van der Waals surface area contributed by atoms with Crippen LogP contribution < -0.4 is 5.73 Å². The van der Waals surface area contributed by atoms with Gasteiger partial charge in [-0.2, -0.15) is 0 Å². The number of unbranched alkanes of at least 4 members (excludes halogenated alkanes) is 4. The Morgan fingerprint density at radius 3 is 2.31 bits per heavy atom. The molecule has 1 aromatic carbocycles. The van der Waals surface area contributed by atoms with Gasteiger partial charge in [-0.1, -0.05) is 51.2 Å². The Kier molecular flexibility index (Phi) is 11.0. The topological polar surface area (TPSA) is 64.7 Å². The van der Waals surface area contributed by atoms with E-state index < -0.39 is 0 Å². The second kappa shape index (κ2) is 12.7. The number of carbonyl (C=O) groups excluding carboxylic acids is 1. The molecule has 1 saturated carbocycles. The van der Waals surface area contributed by atoms with Crippen molar-refractivity contribution in [3.8, 4) is 0 Å². The van der Waals surface area contributed by atoms with Crippen LogP contribution in [-0.4, -0.2) is 24.5 Å². The van der Waals surface area contributed by atoms with E-state index in [0.29, 0.717) is 11.4 Å². The van der Waals surface area contributed by atoms with Gasteiger partial charge in [0, 0.05) is 12.1 Å². The summed E-state index contributed by atoms with van der Waals surface area (Å²) in [4.78, 5) is 16.6. The highest BCUT2D eigenvalue weighted by Crippen LogP contribution is 2.21. The van der Waals surface area contributed by atoms with Gasteiger partial charge in [-0.05, 0) is 44.2 Å². The van der Waals surface area contributed by atoms with Crippen LogP contribution in [0.5, 0.6) is 0 Å². The Bertz CT molecular complexity index is 552. The van der Waals surface area contributed by atoms with Crippen molar-refractivity contribution in [1.29, 1.82) is 0 Å². The van der Waals surface area contributed by atoms with Gasteiger partial charge in [-0.3, -0.25) is 4.99 Å². The molecule has 0 spiro atoms. The maximum absolute atomic E-state index is 12.2. The van der Waals surface area contributed by atoms with E-state index in [1.807, 2.05) is 12.1 Å². The molecule has 2 rings (SSSR count). The standard InChI is InChI=1S/C21H32N2O2.ClH/c1-2-3-4-5-9-16-23-20(22)17-12-14-18(15-13-17)21(24)25-19-10-7-6-8-11-19;/h12-15,19H,2-11,16H2,1H3,(H2,22,23);1H. The van der Waals surface area contributed by atoms with Crippen LogP contribution in [0.2, 0.25) is 0 Å². The molecule has 0 bridgehead atoms. The number of amidine groups is 1. The molecular formula is C21H33ClN2O2. The van der Waals surface area contributed by atoms with Crippen molar-refractivity contribution in [2.45, 2.75) is 77.2 Å². The molecule has 5 heteroatoms. The summed E-state index contributed by atoms with van der Waals surface area (Å²) in [5, 5.41) is 0. The number of nitrogens with two attached hydrogens (primary N) is 1. The predicted molar refractivity (Wildman–Crippen MR) is 110 cm³/mol. The number of ether oxygens (including phenoxy) is 1. The summed E-state index contributed by atoms with van der Waals surface area (Å²) in [6.45, 7) is 2.98. The van der Waals surface area contributed by atoms with Gasteiger partial charge in [0.1, 0.15) is 11.9 Å². The average molecular weight is 381 g/mol. The maximum Gasteiger partial charge on any atom is 0.338 e. The monoisotopic (exact) mass is 380 g/mol. The highest BCUT2D eigenvalue weighted by molar-refractivity contribution is 5.98. The lowest BCUT2D eigenvalue weighted by Crippen LogP contribution is -2.21. The van der Waals surface area contributed by atoms with Gasteiger partial charge in [0.15, 0.2) is 0 Å². The molecule has 0 heterocycles. The van der Waals surface area contributed by atoms with Crippen LogP contribution in [0.3, 0.4) is 0 Å². The van der Waals surface area contributed by atoms with Gasteiger partial charge in [-0.15, -0.1) is 12.4 Å². The summed E-state index contributed by atoms with van der Waals surface area (Å²) in [6, 6.07) is 7.27. The molecule has 0 aliphatic heterocycles. The van der Waals surface area contributed by atoms with E-state index >= 15 is 0 Å². The van der Waals surface area contributed by atoms with Gasteiger partial charge < -0.3 is 10.5 Å². The van der Waals surface area contributed by atoms with Crippen LogP contribution >= 0.6 is 12.4 Å². The summed E-state index contributed by atoms with van der Waals surface area (Å²) in [5.41, 5.74) is 7.49. The molecule has 1 aliphatic rings. The second-order valence-electron chi connectivity index (χ2n) is 6.92. The zero-order valence-corrected chi connectivity index (χ0v) is 16.7. The highest BCUT2D eigenvalue weighted by atomic mass is 35.5. The molecule has 0 saturated heterocycles. The van der Waals surface area contributed by atoms with Crippen molar-refractivity contribution in [1.82, 2.24) is 0 Å². The molecule has 2 N–H and O–H groups in total. The minimum atomic E-state index is -0.232. The molecule has 4 nitrogen and oxygen atoms in total. The predicted octanol–water partition coefficient (Wildman–Crippen LogP) is 5.27. The molecule has 146 valence electrons. The van der Waals surface area contributed by atoms with E-state index in [4.69, 9.17) is 10.5 Å². The second-order valence-corrected chi connectivity index (χ2v) is 6.92. The fourth-order valence-corrected chi connectivity index (χ4v) is 3.19. The third-order valence-corrected chi connectivity index (χ3v) is 4.79. The number of aliphatic imine (C=N–C) groups is 1. The molecule has 26 heavy (non-hydrogen) atoms. The lowest BCUT2D eigenvalue weighted by molar-refractivity contribution is 0.0211. The Hall–Kier alpha value is -1.55. The van der Waals surface area contributed by atoms with Crippen molar-refractivity contribution in [3.05, 3.63) is 35.4 Å². The Labute approximate surface area is 164 Å². The summed E-state index contributed by atoms with van der Waals surface area (Å²) < 4.78 is 5.59. The van der Waals surface area contributed by atoms with Gasteiger partial charge in [-0.25, -0.2) is 4.79 Å². The fraction of sp³-hybridized carbons (Fsp3) is 0.619. The van der Waals surface area contributed by atoms with Crippen molar-refractivity contribution in [2.24, 2.45) is 10.7 Å². The fourth-order valence-electron chi connectivity index (χ4n) is 3.19. The van der Waals surface area contributed by atoms with Gasteiger partial charge in [0.05, 0.1) is 5.56 Å². The lowest BCUT2D eigenvalue weighted by atomic mass is 9.98. The number of rotatable bonds is 9. The molecular weight excluding hydrogens is 348 g/mol. The average Bonchev–Trinajstić information content (AvgIpc) is 2.65. The smallest absolute Gasteiger partial charge is 0.338 e. The van der Waals surface area contributed by atoms with Crippen molar-refractivity contribution >= 4 is 24.2 Å². The molecule has 0 amide bonds. The molecule has 0 unspecified atom stereocenters. The maximum atomic E-state index is 12.2. The highest BCUT2D eigenvalue weighted by Gasteiger charge is 2.18. The molecule has 1 aliphatic carbocycles. The SMILES string of the molecule is CCCCCCCN=C(N)c1ccc(C(=O)OC2CCCCC2)cc1.Cl. The van der Waals surface area contributed by atoms with Crippen LogP contribution in [0.25, 0.3) is 0 Å². The first kappa shape index (κ1) is 22.5. The normalized spacial score (nSPS) is 15.3. The number of nitrogens with zero attached hydrogens (tertiary/aromatic N) is 1. The third kappa shape index (κ3) is 7.77. The largest absolute Gasteiger partial charge is 0.459 e. The third-order valence-electron chi connectivity index (χ3n) is 4.79. The van der Waals surface area contributed by atoms with E-state index in [1.54, 1.807) is 12.1 Å². The van der Waals surface area contributed by atoms with Crippen LogP contribution in [0.15, 0.2) is 29.3 Å². The van der Waals surface area contributed by atoms with E-state index in [2.05, 4.69) is 11.9 Å². The molecule has 0 radical (unpaired) electrons. The van der Waals surface area contributed by atoms with E-state index in [9.17, 15) is 4.79 Å². The van der Waals surface area contributed by atoms with E-state index in [1.165, 1.54) is 32.1 Å². The number of hydrogen-bond donors (Lipinski definition) is 1. The molecule has 1 fully saturated rings. The van der Waals surface area contributed by atoms with E-state index in [-0.39, 0.29) is 24.5 Å². The summed E-state index contributed by atoms with van der Waals surface area (Å²) >= 11 is 0. The van der Waals surface area contributed by atoms with Gasteiger partial charge in [0.25, 0.3) is 0 Å². The summed E-state index contributed by atoms with van der Waals surface area (Å²) in [5.74, 6) is 0.313. The zero-order chi connectivity index (χ0) is 17.9. The Morgan fingerprint density at radius 2 is 1.65 bits per heavy atom. The minimum Gasteiger partial charge on any atom is -0.459 e. The van der Waals surface area contributed by atoms with E-state index in [0.717, 1.165) is 44.2 Å². The number of benzene rings is 1. The number of hydrogen-bond acceptors (Lipinski definition) is 3. The number of carbonyl (C=O) groups is 1. The molecule has 0 atom stereocenters. The van der Waals surface area contributed by atoms with Crippen LogP contribution in [-0.2, 0) is 4.74 Å². The quantitative estimate of drug-likeness (QED) is 0.274. The zero-order valence-electron chi connectivity index (χ0n) is 15.9. The van der Waals surface area contributed by atoms with Crippen LogP contribution in [0, 0.1) is 0 Å². The van der Waals surface area contributed by atoms with Crippen molar-refractivity contribution in [3.63, 3.8) is 0 Å². The van der Waals surface area contributed by atoms with Crippen LogP contribution in [0.1, 0.15) is 87.1 Å². The first-order valence-corrected chi connectivity index (χ1v) is 9.82. The van der Waals surface area contributed by atoms with Crippen molar-refractivity contribution in [2.75, 3.05) is 6.54 Å². The number of halogens is 1. The Morgan fingerprint density at radius 1 is 1.04 bits per heavy atom. The van der Waals surface area contributed by atoms with Crippen molar-refractivity contribution < 1.29 is 9.53 Å². The summed E-state index contributed by atoms with van der Waals surface area (Å²) in [6.07, 6.45) is 11.7. The minimum absolute atomic E-state index is 0. The van der Waals surface area contributed by atoms with Gasteiger partial charge >= 0.3 is 5.97 Å².